The molecule has 7 heteroatoms. The van der Waals surface area contributed by atoms with Gasteiger partial charge in [0, 0.05) is 6.26 Å². The summed E-state index contributed by atoms with van der Waals surface area (Å²) in [5.74, 6) is 0.122. The molecule has 0 atom stereocenters. The maximum Gasteiger partial charge on any atom is 0.177 e. The van der Waals surface area contributed by atoms with Gasteiger partial charge in [0.25, 0.3) is 0 Å². The van der Waals surface area contributed by atoms with Crippen molar-refractivity contribution in [2.24, 2.45) is 0 Å². The third-order valence-electron chi connectivity index (χ3n) is 2.54. The van der Waals surface area contributed by atoms with Crippen LogP contribution in [-0.2, 0) is 9.84 Å². The Hall–Kier alpha value is -1.60. The summed E-state index contributed by atoms with van der Waals surface area (Å²) in [4.78, 5) is -0.00354. The van der Waals surface area contributed by atoms with Crippen LogP contribution in [0.3, 0.4) is 0 Å². The molecule has 106 valence electrons. The van der Waals surface area contributed by atoms with Crippen molar-refractivity contribution in [3.8, 4) is 11.5 Å². The van der Waals surface area contributed by atoms with Gasteiger partial charge in [0.2, 0.25) is 0 Å². The van der Waals surface area contributed by atoms with Gasteiger partial charge < -0.3 is 10.5 Å². The van der Waals surface area contributed by atoms with Crippen LogP contribution in [0, 0.1) is 5.82 Å². The van der Waals surface area contributed by atoms with E-state index in [1.54, 1.807) is 6.07 Å². The normalized spacial score (nSPS) is 11.3. The number of sulfone groups is 1. The summed E-state index contributed by atoms with van der Waals surface area (Å²) >= 11 is 3.04. The lowest BCUT2D eigenvalue weighted by Gasteiger charge is -2.11. The van der Waals surface area contributed by atoms with Crippen molar-refractivity contribution in [3.63, 3.8) is 0 Å². The number of rotatable bonds is 3. The Labute approximate surface area is 124 Å². The monoisotopic (exact) mass is 359 g/mol. The zero-order valence-electron chi connectivity index (χ0n) is 10.4. The van der Waals surface area contributed by atoms with Gasteiger partial charge in [-0.05, 0) is 46.3 Å². The lowest BCUT2D eigenvalue weighted by atomic mass is 10.3. The number of para-hydroxylation sites is 1. The Morgan fingerprint density at radius 3 is 2.55 bits per heavy atom. The van der Waals surface area contributed by atoms with Gasteiger partial charge in [-0.25, -0.2) is 12.8 Å². The molecule has 0 aliphatic rings. The maximum atomic E-state index is 13.1. The second kappa shape index (κ2) is 5.41. The molecule has 4 nitrogen and oxygen atoms in total. The maximum absolute atomic E-state index is 13.1. The molecule has 0 amide bonds. The van der Waals surface area contributed by atoms with Crippen LogP contribution in [0.5, 0.6) is 11.5 Å². The predicted octanol–water partition coefficient (Wildman–Crippen LogP) is 3.37. The molecular weight excluding hydrogens is 349 g/mol. The minimum atomic E-state index is -3.44. The Morgan fingerprint density at radius 1 is 1.25 bits per heavy atom. The molecule has 0 heterocycles. The first-order chi connectivity index (χ1) is 9.29. The van der Waals surface area contributed by atoms with Crippen molar-refractivity contribution in [2.45, 2.75) is 4.90 Å². The van der Waals surface area contributed by atoms with Gasteiger partial charge in [0.1, 0.15) is 11.6 Å². The first-order valence-corrected chi connectivity index (χ1v) is 8.19. The van der Waals surface area contributed by atoms with Crippen LogP contribution in [-0.4, -0.2) is 14.7 Å². The highest BCUT2D eigenvalue weighted by molar-refractivity contribution is 9.10. The zero-order valence-corrected chi connectivity index (χ0v) is 12.8. The molecule has 0 bridgehead atoms. The van der Waals surface area contributed by atoms with Crippen LogP contribution in [0.2, 0.25) is 0 Å². The number of halogens is 2. The lowest BCUT2D eigenvalue weighted by Crippen LogP contribution is -2.03. The van der Waals surface area contributed by atoms with Gasteiger partial charge in [-0.3, -0.25) is 0 Å². The Morgan fingerprint density at radius 2 is 1.95 bits per heavy atom. The number of benzene rings is 2. The van der Waals surface area contributed by atoms with Gasteiger partial charge >= 0.3 is 0 Å². The van der Waals surface area contributed by atoms with Gasteiger partial charge in [0.15, 0.2) is 15.6 Å². The third-order valence-corrected chi connectivity index (χ3v) is 4.31. The second-order valence-corrected chi connectivity index (χ2v) is 6.96. The molecular formula is C13H11BrFNO3S. The topological polar surface area (TPSA) is 69.4 Å². The summed E-state index contributed by atoms with van der Waals surface area (Å²) < 4.78 is 42.0. The fourth-order valence-corrected chi connectivity index (χ4v) is 2.79. The van der Waals surface area contributed by atoms with E-state index in [2.05, 4.69) is 15.9 Å². The van der Waals surface area contributed by atoms with Gasteiger partial charge in [0.05, 0.1) is 15.1 Å². The molecule has 0 aliphatic heterocycles. The van der Waals surface area contributed by atoms with E-state index in [9.17, 15) is 12.8 Å². The van der Waals surface area contributed by atoms with Crippen molar-refractivity contribution in [3.05, 3.63) is 46.7 Å². The minimum absolute atomic E-state index is 0.00354. The zero-order chi connectivity index (χ0) is 14.9. The van der Waals surface area contributed by atoms with Crippen LogP contribution in [0.25, 0.3) is 0 Å². The average molecular weight is 360 g/mol. The molecule has 2 aromatic rings. The van der Waals surface area contributed by atoms with E-state index >= 15 is 0 Å². The van der Waals surface area contributed by atoms with E-state index in [0.29, 0.717) is 5.75 Å². The number of anilines is 1. The van der Waals surface area contributed by atoms with E-state index in [-0.39, 0.29) is 20.8 Å². The molecule has 0 fully saturated rings. The van der Waals surface area contributed by atoms with E-state index < -0.39 is 15.7 Å². The molecule has 0 unspecified atom stereocenters. The first kappa shape index (κ1) is 14.8. The van der Waals surface area contributed by atoms with E-state index in [1.165, 1.54) is 30.3 Å². The fourth-order valence-electron chi connectivity index (χ4n) is 1.60. The fraction of sp³-hybridized carbons (Fsp3) is 0.0769. The Kier molecular flexibility index (Phi) is 4.01. The van der Waals surface area contributed by atoms with Crippen LogP contribution in [0.4, 0.5) is 10.1 Å². The standard InChI is InChI=1S/C13H11BrFNO3S/c1-20(17,18)12-4-2-3-11(13(12)16)19-8-5-6-10(15)9(14)7-8/h2-7H,16H2,1H3. The summed E-state index contributed by atoms with van der Waals surface area (Å²) in [6.07, 6.45) is 1.07. The molecule has 0 aliphatic carbocycles. The predicted molar refractivity (Wildman–Crippen MR) is 78.1 cm³/mol. The van der Waals surface area contributed by atoms with Crippen LogP contribution in [0.15, 0.2) is 45.8 Å². The van der Waals surface area contributed by atoms with Crippen molar-refractivity contribution in [1.82, 2.24) is 0 Å². The number of nitrogen functional groups attached to an aromatic ring is 1. The highest BCUT2D eigenvalue weighted by Crippen LogP contribution is 2.33. The number of hydrogen-bond acceptors (Lipinski definition) is 4. The molecule has 20 heavy (non-hydrogen) atoms. The van der Waals surface area contributed by atoms with Gasteiger partial charge in [-0.1, -0.05) is 6.07 Å². The molecule has 2 aromatic carbocycles. The van der Waals surface area contributed by atoms with Crippen LogP contribution < -0.4 is 10.5 Å². The summed E-state index contributed by atoms with van der Waals surface area (Å²) in [6.45, 7) is 0. The van der Waals surface area contributed by atoms with Gasteiger partial charge in [-0.15, -0.1) is 0 Å². The molecule has 2 N–H and O–H groups in total. The SMILES string of the molecule is CS(=O)(=O)c1cccc(Oc2ccc(F)c(Br)c2)c1N. The molecule has 0 aromatic heterocycles. The highest BCUT2D eigenvalue weighted by atomic mass is 79.9. The average Bonchev–Trinajstić information content (AvgIpc) is 2.35. The second-order valence-electron chi connectivity index (χ2n) is 4.12. The minimum Gasteiger partial charge on any atom is -0.455 e. The highest BCUT2D eigenvalue weighted by Gasteiger charge is 2.15. The van der Waals surface area contributed by atoms with Crippen molar-refractivity contribution < 1.29 is 17.5 Å². The van der Waals surface area contributed by atoms with E-state index in [1.807, 2.05) is 0 Å². The van der Waals surface area contributed by atoms with Crippen molar-refractivity contribution in [1.29, 1.82) is 0 Å². The molecule has 2 rings (SSSR count). The van der Waals surface area contributed by atoms with Crippen LogP contribution >= 0.6 is 15.9 Å². The molecule has 0 saturated carbocycles. The number of ether oxygens (including phenoxy) is 1. The van der Waals surface area contributed by atoms with Crippen molar-refractivity contribution in [2.75, 3.05) is 12.0 Å². The lowest BCUT2D eigenvalue weighted by molar-refractivity contribution is 0.480. The number of nitrogens with two attached hydrogens (primary N) is 1. The Balaban J connectivity index is 2.42. The van der Waals surface area contributed by atoms with E-state index in [4.69, 9.17) is 10.5 Å². The van der Waals surface area contributed by atoms with E-state index in [0.717, 1.165) is 6.26 Å². The largest absolute Gasteiger partial charge is 0.455 e. The number of hydrogen-bond donors (Lipinski definition) is 1. The van der Waals surface area contributed by atoms with Gasteiger partial charge in [-0.2, -0.15) is 0 Å². The molecule has 0 saturated heterocycles. The smallest absolute Gasteiger partial charge is 0.177 e. The Bertz CT molecular complexity index is 762. The summed E-state index contributed by atoms with van der Waals surface area (Å²) in [5.41, 5.74) is 5.82. The van der Waals surface area contributed by atoms with Crippen molar-refractivity contribution >= 4 is 31.5 Å². The first-order valence-electron chi connectivity index (χ1n) is 5.50. The molecule has 0 radical (unpaired) electrons. The van der Waals surface area contributed by atoms with Crippen LogP contribution in [0.1, 0.15) is 0 Å². The third kappa shape index (κ3) is 3.10. The summed E-state index contributed by atoms with van der Waals surface area (Å²) in [6, 6.07) is 8.56. The quantitative estimate of drug-likeness (QED) is 0.853. The summed E-state index contributed by atoms with van der Waals surface area (Å²) in [7, 11) is -3.44. The molecule has 0 spiro atoms. The summed E-state index contributed by atoms with van der Waals surface area (Å²) in [5, 5.41) is 0.